The Morgan fingerprint density at radius 3 is 3.04 bits per heavy atom. The summed E-state index contributed by atoms with van der Waals surface area (Å²) < 4.78 is 11.5. The molecule has 5 unspecified atom stereocenters. The second-order valence-electron chi connectivity index (χ2n) is 7.47. The van der Waals surface area contributed by atoms with Gasteiger partial charge in [0, 0.05) is 26.5 Å². The van der Waals surface area contributed by atoms with Crippen LogP contribution in [0.1, 0.15) is 25.2 Å². The number of hydrogen-bond acceptors (Lipinski definition) is 4. The first-order valence-corrected chi connectivity index (χ1v) is 8.91. The Morgan fingerprint density at radius 1 is 1.33 bits per heavy atom. The molecule has 1 amide bonds. The maximum absolute atomic E-state index is 12.8. The molecular weight excluding hydrogens is 304 g/mol. The lowest BCUT2D eigenvalue weighted by atomic mass is 9.88. The lowest BCUT2D eigenvalue weighted by molar-refractivity contribution is -0.134. The van der Waals surface area contributed by atoms with E-state index in [2.05, 4.69) is 9.88 Å². The molecule has 5 rings (SSSR count). The molecule has 3 fully saturated rings. The number of aromatic nitrogens is 1. The molecule has 1 aliphatic heterocycles. The van der Waals surface area contributed by atoms with E-state index in [-0.39, 0.29) is 12.0 Å². The fraction of sp³-hybridized carbons (Fsp3) is 0.579. The van der Waals surface area contributed by atoms with Gasteiger partial charge in [0.2, 0.25) is 5.91 Å². The molecule has 2 saturated carbocycles. The molecule has 2 bridgehead atoms. The van der Waals surface area contributed by atoms with Crippen LogP contribution in [0.2, 0.25) is 0 Å². The number of methoxy groups -OCH3 is 1. The molecule has 24 heavy (non-hydrogen) atoms. The predicted molar refractivity (Wildman–Crippen MR) is 88.3 cm³/mol. The first-order chi connectivity index (χ1) is 11.7. The number of carbonyl (C=O) groups excluding carboxylic acids is 1. The molecule has 1 aromatic carbocycles. The second-order valence-corrected chi connectivity index (χ2v) is 7.47. The minimum Gasteiger partial charge on any atom is -0.441 e. The third-order valence-corrected chi connectivity index (χ3v) is 6.30. The van der Waals surface area contributed by atoms with Crippen molar-refractivity contribution in [1.29, 1.82) is 0 Å². The van der Waals surface area contributed by atoms with Gasteiger partial charge in [-0.15, -0.1) is 0 Å². The van der Waals surface area contributed by atoms with Crippen molar-refractivity contribution in [2.45, 2.75) is 37.8 Å². The van der Waals surface area contributed by atoms with Crippen LogP contribution in [0.3, 0.4) is 0 Å². The summed E-state index contributed by atoms with van der Waals surface area (Å²) in [6.07, 6.45) is 3.73. The van der Waals surface area contributed by atoms with Crippen LogP contribution < -0.4 is 0 Å². The van der Waals surface area contributed by atoms with Gasteiger partial charge in [0.05, 0.1) is 12.1 Å². The van der Waals surface area contributed by atoms with Crippen molar-refractivity contribution in [3.8, 4) is 0 Å². The number of likely N-dealkylation sites (tertiary alicyclic amines) is 1. The zero-order valence-electron chi connectivity index (χ0n) is 13.9. The lowest BCUT2D eigenvalue weighted by Crippen LogP contribution is -2.44. The Kier molecular flexibility index (Phi) is 3.20. The minimum atomic E-state index is 0.222. The van der Waals surface area contributed by atoms with Crippen LogP contribution in [-0.2, 0) is 16.0 Å². The summed E-state index contributed by atoms with van der Waals surface area (Å²) in [4.78, 5) is 19.4. The maximum Gasteiger partial charge on any atom is 0.223 e. The van der Waals surface area contributed by atoms with Gasteiger partial charge in [0.1, 0.15) is 5.52 Å². The summed E-state index contributed by atoms with van der Waals surface area (Å²) in [6, 6.07) is 8.03. The number of ether oxygens (including phenoxy) is 1. The van der Waals surface area contributed by atoms with E-state index in [1.807, 2.05) is 24.3 Å². The average Bonchev–Trinajstić information content (AvgIpc) is 3.30. The molecule has 5 heteroatoms. The Balaban J connectivity index is 1.29. The van der Waals surface area contributed by atoms with Crippen LogP contribution in [0.5, 0.6) is 0 Å². The first kappa shape index (κ1) is 14.5. The summed E-state index contributed by atoms with van der Waals surface area (Å²) in [6.45, 7) is 0.915. The molecule has 126 valence electrons. The zero-order chi connectivity index (χ0) is 16.3. The van der Waals surface area contributed by atoms with Crippen molar-refractivity contribution in [1.82, 2.24) is 9.88 Å². The van der Waals surface area contributed by atoms with Gasteiger partial charge in [-0.05, 0) is 42.7 Å². The van der Waals surface area contributed by atoms with Crippen LogP contribution in [0.15, 0.2) is 28.7 Å². The van der Waals surface area contributed by atoms with Crippen LogP contribution in [-0.4, -0.2) is 41.6 Å². The molecule has 1 aromatic heterocycles. The quantitative estimate of drug-likeness (QED) is 0.867. The number of rotatable bonds is 4. The third kappa shape index (κ3) is 2.04. The van der Waals surface area contributed by atoms with Crippen molar-refractivity contribution in [2.24, 2.45) is 17.8 Å². The Bertz CT molecular complexity index is 751. The van der Waals surface area contributed by atoms with Crippen molar-refractivity contribution < 1.29 is 13.9 Å². The number of carbonyl (C=O) groups is 1. The summed E-state index contributed by atoms with van der Waals surface area (Å²) in [5.41, 5.74) is 1.65. The topological polar surface area (TPSA) is 55.6 Å². The number of fused-ring (bicyclic) bond motifs is 2. The van der Waals surface area contributed by atoms with E-state index >= 15 is 0 Å². The van der Waals surface area contributed by atoms with Gasteiger partial charge in [-0.25, -0.2) is 4.98 Å². The Hall–Kier alpha value is -1.88. The molecule has 0 radical (unpaired) electrons. The number of amides is 1. The van der Waals surface area contributed by atoms with E-state index in [4.69, 9.17) is 9.15 Å². The Labute approximate surface area is 141 Å². The molecule has 0 spiro atoms. The van der Waals surface area contributed by atoms with Gasteiger partial charge in [0.15, 0.2) is 11.5 Å². The Morgan fingerprint density at radius 2 is 2.21 bits per heavy atom. The van der Waals surface area contributed by atoms with E-state index in [0.717, 1.165) is 17.6 Å². The van der Waals surface area contributed by atoms with Crippen molar-refractivity contribution in [3.63, 3.8) is 0 Å². The van der Waals surface area contributed by atoms with Crippen LogP contribution in [0, 0.1) is 17.8 Å². The largest absolute Gasteiger partial charge is 0.441 e. The lowest BCUT2D eigenvalue weighted by Gasteiger charge is -2.31. The fourth-order valence-corrected chi connectivity index (χ4v) is 5.39. The molecule has 2 heterocycles. The smallest absolute Gasteiger partial charge is 0.223 e. The number of aryl methyl sites for hydroxylation is 1. The van der Waals surface area contributed by atoms with Gasteiger partial charge in [-0.1, -0.05) is 12.1 Å². The van der Waals surface area contributed by atoms with Crippen LogP contribution >= 0.6 is 0 Å². The minimum absolute atomic E-state index is 0.222. The van der Waals surface area contributed by atoms with Gasteiger partial charge >= 0.3 is 0 Å². The summed E-state index contributed by atoms with van der Waals surface area (Å²) in [7, 11) is 1.79. The standard InChI is InChI=1S/C19H22N2O3/c1-23-19-11-8-12-10-21(18(19)13(12)9-11)17(22)7-6-16-20-14-4-2-3-5-15(14)24-16/h2-5,11-13,18-19H,6-10H2,1H3. The van der Waals surface area contributed by atoms with Gasteiger partial charge in [0.25, 0.3) is 0 Å². The normalized spacial score (nSPS) is 33.7. The van der Waals surface area contributed by atoms with E-state index in [9.17, 15) is 4.79 Å². The third-order valence-electron chi connectivity index (χ3n) is 6.30. The molecule has 0 N–H and O–H groups in total. The highest BCUT2D eigenvalue weighted by Crippen LogP contribution is 2.55. The zero-order valence-corrected chi connectivity index (χ0v) is 13.9. The SMILES string of the molecule is COC1C2CC3CN(C(=O)CCc4nc5ccccc5o4)C1C3C2. The number of benzene rings is 1. The summed E-state index contributed by atoms with van der Waals surface area (Å²) in [5, 5.41) is 0. The number of nitrogens with zero attached hydrogens (tertiary/aromatic N) is 2. The molecule has 2 aliphatic carbocycles. The van der Waals surface area contributed by atoms with Crippen LogP contribution in [0.4, 0.5) is 0 Å². The average molecular weight is 326 g/mol. The van der Waals surface area contributed by atoms with Crippen LogP contribution in [0.25, 0.3) is 11.1 Å². The maximum atomic E-state index is 12.8. The number of para-hydroxylation sites is 2. The molecule has 2 aromatic rings. The van der Waals surface area contributed by atoms with Crippen molar-refractivity contribution in [2.75, 3.05) is 13.7 Å². The highest BCUT2D eigenvalue weighted by Gasteiger charge is 2.60. The molecular formula is C19H22N2O3. The summed E-state index contributed by atoms with van der Waals surface area (Å²) >= 11 is 0. The van der Waals surface area contributed by atoms with Gasteiger partial charge < -0.3 is 14.1 Å². The van der Waals surface area contributed by atoms with E-state index in [1.165, 1.54) is 12.8 Å². The van der Waals surface area contributed by atoms with E-state index in [1.54, 1.807) is 7.11 Å². The molecule has 5 atom stereocenters. The van der Waals surface area contributed by atoms with E-state index in [0.29, 0.717) is 42.5 Å². The second kappa shape index (κ2) is 5.31. The highest BCUT2D eigenvalue weighted by molar-refractivity contribution is 5.78. The number of hydrogen-bond donors (Lipinski definition) is 0. The number of oxazole rings is 1. The van der Waals surface area contributed by atoms with Gasteiger partial charge in [-0.3, -0.25) is 4.79 Å². The highest BCUT2D eigenvalue weighted by atomic mass is 16.5. The monoisotopic (exact) mass is 326 g/mol. The predicted octanol–water partition coefficient (Wildman–Crippen LogP) is 2.64. The molecule has 3 aliphatic rings. The van der Waals surface area contributed by atoms with Crippen molar-refractivity contribution >= 4 is 17.0 Å². The van der Waals surface area contributed by atoms with Gasteiger partial charge in [-0.2, -0.15) is 0 Å². The fourth-order valence-electron chi connectivity index (χ4n) is 5.39. The summed E-state index contributed by atoms with van der Waals surface area (Å²) in [5.74, 6) is 2.89. The molecule has 5 nitrogen and oxygen atoms in total. The van der Waals surface area contributed by atoms with Crippen molar-refractivity contribution in [3.05, 3.63) is 30.2 Å². The molecule has 1 saturated heterocycles. The first-order valence-electron chi connectivity index (χ1n) is 8.91. The van der Waals surface area contributed by atoms with E-state index < -0.39 is 0 Å².